The van der Waals surface area contributed by atoms with Crippen LogP contribution < -0.4 is 4.74 Å². The van der Waals surface area contributed by atoms with Gasteiger partial charge in [0.15, 0.2) is 0 Å². The van der Waals surface area contributed by atoms with E-state index in [0.717, 1.165) is 10.9 Å². The molecule has 16 heavy (non-hydrogen) atoms. The van der Waals surface area contributed by atoms with Gasteiger partial charge in [-0.05, 0) is 35.4 Å². The van der Waals surface area contributed by atoms with Gasteiger partial charge >= 0.3 is 6.36 Å². The molecule has 0 N–H and O–H groups in total. The maximum Gasteiger partial charge on any atom is 0.573 e. The van der Waals surface area contributed by atoms with Crippen molar-refractivity contribution in [3.05, 3.63) is 48.9 Å². The fourth-order valence-electron chi connectivity index (χ4n) is 1.47. The molecule has 0 heterocycles. The molecule has 0 atom stereocenters. The van der Waals surface area contributed by atoms with Crippen molar-refractivity contribution < 1.29 is 17.9 Å². The Labute approximate surface area is 90.5 Å². The van der Waals surface area contributed by atoms with E-state index in [1.165, 1.54) is 12.1 Å². The molecule has 1 radical (unpaired) electrons. The molecule has 0 aliphatic rings. The fourth-order valence-corrected chi connectivity index (χ4v) is 1.47. The van der Waals surface area contributed by atoms with Crippen LogP contribution in [0.25, 0.3) is 10.8 Å². The van der Waals surface area contributed by atoms with Gasteiger partial charge in [0, 0.05) is 0 Å². The predicted octanol–water partition coefficient (Wildman–Crippen LogP) is 3.92. The molecule has 0 aromatic heterocycles. The largest absolute Gasteiger partial charge is 0.573 e. The van der Waals surface area contributed by atoms with E-state index in [1.54, 1.807) is 24.3 Å². The van der Waals surface area contributed by atoms with Gasteiger partial charge in [-0.3, -0.25) is 0 Å². The third-order valence-corrected chi connectivity index (χ3v) is 2.11. The summed E-state index contributed by atoms with van der Waals surface area (Å²) < 4.78 is 39.7. The number of hydrogen-bond acceptors (Lipinski definition) is 1. The number of fused-ring (bicyclic) bond motifs is 1. The monoisotopic (exact) mass is 225 g/mol. The number of alkyl halides is 3. The Morgan fingerprint density at radius 2 is 1.56 bits per heavy atom. The molecule has 2 rings (SSSR count). The van der Waals surface area contributed by atoms with Crippen molar-refractivity contribution in [1.82, 2.24) is 0 Å². The van der Waals surface area contributed by atoms with Gasteiger partial charge < -0.3 is 4.74 Å². The quantitative estimate of drug-likeness (QED) is 0.714. The molecule has 0 saturated carbocycles. The number of ether oxygens (including phenoxy) is 1. The second kappa shape index (κ2) is 3.70. The Bertz CT molecular complexity index is 517. The minimum Gasteiger partial charge on any atom is -0.406 e. The van der Waals surface area contributed by atoms with E-state index < -0.39 is 6.36 Å². The lowest BCUT2D eigenvalue weighted by atomic mass is 10.1. The van der Waals surface area contributed by atoms with E-state index in [2.05, 4.69) is 11.7 Å². The van der Waals surface area contributed by atoms with Crippen molar-refractivity contribution in [3.63, 3.8) is 0 Å². The molecule has 0 aliphatic heterocycles. The molecule has 0 fully saturated rings. The van der Waals surface area contributed by atoms with Crippen molar-refractivity contribution in [3.8, 4) is 5.75 Å². The number of halogens is 3. The number of rotatable bonds is 1. The van der Waals surface area contributed by atoms with Gasteiger partial charge in [0.1, 0.15) is 5.75 Å². The van der Waals surface area contributed by atoms with Crippen LogP contribution in [-0.2, 0) is 0 Å². The first kappa shape index (κ1) is 10.8. The Morgan fingerprint density at radius 1 is 0.938 bits per heavy atom. The van der Waals surface area contributed by atoms with E-state index in [9.17, 15) is 13.2 Å². The lowest BCUT2D eigenvalue weighted by Gasteiger charge is -2.09. The van der Waals surface area contributed by atoms with E-state index in [-0.39, 0.29) is 5.75 Å². The summed E-state index contributed by atoms with van der Waals surface area (Å²) in [6, 6.07) is 9.45. The molecule has 2 aromatic rings. The lowest BCUT2D eigenvalue weighted by molar-refractivity contribution is -0.274. The topological polar surface area (TPSA) is 9.23 Å². The van der Waals surface area contributed by atoms with Crippen molar-refractivity contribution in [2.75, 3.05) is 0 Å². The zero-order chi connectivity index (χ0) is 11.8. The van der Waals surface area contributed by atoms with Crippen LogP contribution in [0.2, 0.25) is 0 Å². The molecule has 83 valence electrons. The summed E-state index contributed by atoms with van der Waals surface area (Å²) in [6.45, 7) is 3.74. The highest BCUT2D eigenvalue weighted by Gasteiger charge is 2.31. The standard InChI is InChI=1S/C12H8F3O/c1-8-2-3-10-7-11(16-12(13,14)15)5-4-9(10)6-8/h2-7H,1H2. The Morgan fingerprint density at radius 3 is 2.25 bits per heavy atom. The summed E-state index contributed by atoms with van der Waals surface area (Å²) in [6.07, 6.45) is -4.65. The van der Waals surface area contributed by atoms with Gasteiger partial charge in [0.25, 0.3) is 0 Å². The second-order valence-corrected chi connectivity index (χ2v) is 3.39. The van der Waals surface area contributed by atoms with Gasteiger partial charge in [-0.25, -0.2) is 0 Å². The Kier molecular flexibility index (Phi) is 2.50. The molecule has 0 bridgehead atoms. The van der Waals surface area contributed by atoms with E-state index in [0.29, 0.717) is 5.39 Å². The predicted molar refractivity (Wildman–Crippen MR) is 55.1 cm³/mol. The third kappa shape index (κ3) is 2.45. The van der Waals surface area contributed by atoms with Crippen LogP contribution >= 0.6 is 0 Å². The van der Waals surface area contributed by atoms with Crippen molar-refractivity contribution in [1.29, 1.82) is 0 Å². The summed E-state index contributed by atoms with van der Waals surface area (Å²) in [7, 11) is 0. The van der Waals surface area contributed by atoms with Gasteiger partial charge in [-0.1, -0.05) is 24.3 Å². The summed E-state index contributed by atoms with van der Waals surface area (Å²) >= 11 is 0. The van der Waals surface area contributed by atoms with Gasteiger partial charge in [0.05, 0.1) is 0 Å². The molecule has 2 aromatic carbocycles. The van der Waals surface area contributed by atoms with Crippen molar-refractivity contribution >= 4 is 10.8 Å². The molecule has 1 nitrogen and oxygen atoms in total. The maximum absolute atomic E-state index is 12.0. The summed E-state index contributed by atoms with van der Waals surface area (Å²) in [5, 5.41) is 1.52. The van der Waals surface area contributed by atoms with Gasteiger partial charge in [-0.2, -0.15) is 0 Å². The molecular formula is C12H8F3O. The average Bonchev–Trinajstić information content (AvgIpc) is 2.16. The lowest BCUT2D eigenvalue weighted by Crippen LogP contribution is -2.16. The molecular weight excluding hydrogens is 217 g/mol. The first-order valence-electron chi connectivity index (χ1n) is 4.55. The first-order valence-corrected chi connectivity index (χ1v) is 4.55. The first-order chi connectivity index (χ1) is 7.44. The van der Waals surface area contributed by atoms with E-state index in [4.69, 9.17) is 0 Å². The minimum absolute atomic E-state index is 0.211. The van der Waals surface area contributed by atoms with Crippen LogP contribution in [0.4, 0.5) is 13.2 Å². The smallest absolute Gasteiger partial charge is 0.406 e. The summed E-state index contributed by atoms with van der Waals surface area (Å²) in [5.41, 5.74) is 0.817. The van der Waals surface area contributed by atoms with Gasteiger partial charge in [0.2, 0.25) is 0 Å². The average molecular weight is 225 g/mol. The highest BCUT2D eigenvalue weighted by Crippen LogP contribution is 2.26. The fraction of sp³-hybridized carbons (Fsp3) is 0.0833. The van der Waals surface area contributed by atoms with Crippen molar-refractivity contribution in [2.24, 2.45) is 0 Å². The third-order valence-electron chi connectivity index (χ3n) is 2.11. The highest BCUT2D eigenvalue weighted by atomic mass is 19.4. The zero-order valence-electron chi connectivity index (χ0n) is 8.21. The molecule has 0 amide bonds. The highest BCUT2D eigenvalue weighted by molar-refractivity contribution is 5.84. The van der Waals surface area contributed by atoms with Crippen LogP contribution in [0, 0.1) is 6.92 Å². The van der Waals surface area contributed by atoms with Crippen molar-refractivity contribution in [2.45, 2.75) is 6.36 Å². The van der Waals surface area contributed by atoms with Crippen LogP contribution in [0.5, 0.6) is 5.75 Å². The SMILES string of the molecule is [CH2]c1ccc2cc(OC(F)(F)F)ccc2c1. The number of benzene rings is 2. The van der Waals surface area contributed by atoms with Crippen LogP contribution in [0.15, 0.2) is 36.4 Å². The Balaban J connectivity index is 2.41. The molecule has 4 heteroatoms. The Hall–Kier alpha value is -1.71. The molecule has 0 saturated heterocycles. The van der Waals surface area contributed by atoms with Crippen LogP contribution in [-0.4, -0.2) is 6.36 Å². The second-order valence-electron chi connectivity index (χ2n) is 3.39. The van der Waals surface area contributed by atoms with E-state index in [1.807, 2.05) is 0 Å². The zero-order valence-corrected chi connectivity index (χ0v) is 8.21. The van der Waals surface area contributed by atoms with Crippen LogP contribution in [0.1, 0.15) is 5.56 Å². The minimum atomic E-state index is -4.65. The normalized spacial score (nSPS) is 11.8. The summed E-state index contributed by atoms with van der Waals surface area (Å²) in [4.78, 5) is 0. The van der Waals surface area contributed by atoms with Crippen LogP contribution in [0.3, 0.4) is 0 Å². The molecule has 0 spiro atoms. The molecule has 0 aliphatic carbocycles. The summed E-state index contributed by atoms with van der Waals surface area (Å²) in [5.74, 6) is -0.211. The van der Waals surface area contributed by atoms with Gasteiger partial charge in [-0.15, -0.1) is 13.2 Å². The van der Waals surface area contributed by atoms with E-state index >= 15 is 0 Å². The maximum atomic E-state index is 12.0. The molecule has 0 unspecified atom stereocenters. The number of hydrogen-bond donors (Lipinski definition) is 0.